The lowest BCUT2D eigenvalue weighted by Crippen LogP contribution is -2.41. The van der Waals surface area contributed by atoms with Crippen molar-refractivity contribution in [1.82, 2.24) is 15.5 Å². The van der Waals surface area contributed by atoms with Crippen molar-refractivity contribution >= 4 is 23.2 Å². The highest BCUT2D eigenvalue weighted by molar-refractivity contribution is 5.86. The van der Waals surface area contributed by atoms with E-state index in [9.17, 15) is 15.0 Å². The Hall–Kier alpha value is -3.03. The van der Waals surface area contributed by atoms with Gasteiger partial charge in [-0.1, -0.05) is 66.7 Å². The average molecular weight is 452 g/mol. The van der Waals surface area contributed by atoms with Crippen LogP contribution in [0, 0.1) is 0 Å². The highest BCUT2D eigenvalue weighted by Gasteiger charge is 2.17. The van der Waals surface area contributed by atoms with Gasteiger partial charge in [-0.15, -0.1) is 12.4 Å². The van der Waals surface area contributed by atoms with Gasteiger partial charge in [0.1, 0.15) is 6.23 Å². The van der Waals surface area contributed by atoms with Gasteiger partial charge in [-0.3, -0.25) is 10.1 Å². The fraction of sp³-hybridized carbons (Fsp3) is 0.200. The summed E-state index contributed by atoms with van der Waals surface area (Å²) in [7, 11) is 0. The molecule has 4 N–H and O–H groups in total. The van der Waals surface area contributed by atoms with Gasteiger partial charge in [0.05, 0.1) is 11.8 Å². The van der Waals surface area contributed by atoms with E-state index in [-0.39, 0.29) is 18.0 Å². The molecule has 32 heavy (non-hydrogen) atoms. The maximum Gasteiger partial charge on any atom is 0.264 e. The molecule has 0 aliphatic carbocycles. The number of hydrogen-bond donors (Lipinski definition) is 4. The van der Waals surface area contributed by atoms with Crippen LogP contribution in [0.1, 0.15) is 11.1 Å². The number of H-pyrrole nitrogens is 1. The summed E-state index contributed by atoms with van der Waals surface area (Å²) >= 11 is 0. The van der Waals surface area contributed by atoms with Gasteiger partial charge in [0.15, 0.2) is 0 Å². The zero-order valence-electron chi connectivity index (χ0n) is 17.4. The van der Waals surface area contributed by atoms with Gasteiger partial charge in [-0.05, 0) is 34.4 Å². The smallest absolute Gasteiger partial charge is 0.264 e. The first-order chi connectivity index (χ1) is 15.1. The molecule has 0 radical (unpaired) electrons. The van der Waals surface area contributed by atoms with E-state index in [0.29, 0.717) is 25.1 Å². The van der Waals surface area contributed by atoms with Crippen LogP contribution in [-0.4, -0.2) is 39.3 Å². The summed E-state index contributed by atoms with van der Waals surface area (Å²) in [6.07, 6.45) is -0.837. The van der Waals surface area contributed by atoms with Crippen LogP contribution in [0.15, 0.2) is 83.7 Å². The first kappa shape index (κ1) is 23.6. The summed E-state index contributed by atoms with van der Waals surface area (Å²) in [5, 5.41) is 32.5. The quantitative estimate of drug-likeness (QED) is 0.309. The van der Waals surface area contributed by atoms with Gasteiger partial charge in [0.2, 0.25) is 0 Å². The van der Waals surface area contributed by atoms with Crippen LogP contribution < -0.4 is 10.9 Å². The fourth-order valence-electron chi connectivity index (χ4n) is 3.66. The summed E-state index contributed by atoms with van der Waals surface area (Å²) in [5.41, 5.74) is 3.50. The molecular weight excluding hydrogens is 426 g/mol. The lowest BCUT2D eigenvalue weighted by molar-refractivity contribution is -0.000406. The van der Waals surface area contributed by atoms with Gasteiger partial charge in [0, 0.05) is 24.6 Å². The summed E-state index contributed by atoms with van der Waals surface area (Å²) < 4.78 is 0. The van der Waals surface area contributed by atoms with Gasteiger partial charge < -0.3 is 10.2 Å². The topological polar surface area (TPSA) is 98.2 Å². The minimum atomic E-state index is -1.01. The first-order valence-electron chi connectivity index (χ1n) is 10.3. The molecule has 4 aromatic rings. The summed E-state index contributed by atoms with van der Waals surface area (Å²) in [4.78, 5) is 11.1. The van der Waals surface area contributed by atoms with Crippen LogP contribution in [0.25, 0.3) is 22.0 Å². The van der Waals surface area contributed by atoms with E-state index in [1.165, 1.54) is 6.07 Å². The lowest BCUT2D eigenvalue weighted by Gasteiger charge is -2.20. The third-order valence-corrected chi connectivity index (χ3v) is 5.37. The second-order valence-corrected chi connectivity index (χ2v) is 7.56. The number of halogens is 1. The van der Waals surface area contributed by atoms with Crippen molar-refractivity contribution in [2.75, 3.05) is 6.54 Å². The monoisotopic (exact) mass is 451 g/mol. The van der Waals surface area contributed by atoms with Crippen LogP contribution in [0.3, 0.4) is 0 Å². The van der Waals surface area contributed by atoms with Gasteiger partial charge in [-0.2, -0.15) is 5.10 Å². The van der Waals surface area contributed by atoms with E-state index in [4.69, 9.17) is 0 Å². The Morgan fingerprint density at radius 1 is 0.906 bits per heavy atom. The molecule has 0 saturated heterocycles. The first-order valence-corrected chi connectivity index (χ1v) is 10.3. The molecule has 1 heterocycles. The van der Waals surface area contributed by atoms with Gasteiger partial charge in [-0.25, -0.2) is 5.10 Å². The maximum absolute atomic E-state index is 11.1. The lowest BCUT2D eigenvalue weighted by atomic mass is 9.99. The molecule has 2 atom stereocenters. The minimum Gasteiger partial charge on any atom is -0.389 e. The largest absolute Gasteiger partial charge is 0.389 e. The average Bonchev–Trinajstić information content (AvgIpc) is 2.80. The highest BCUT2D eigenvalue weighted by Crippen LogP contribution is 2.20. The molecule has 2 unspecified atom stereocenters. The molecule has 0 aliphatic heterocycles. The molecule has 0 spiro atoms. The molecule has 4 rings (SSSR count). The van der Waals surface area contributed by atoms with Crippen LogP contribution in [0.2, 0.25) is 0 Å². The number of aliphatic hydroxyl groups is 2. The van der Waals surface area contributed by atoms with Crippen molar-refractivity contribution in [1.29, 1.82) is 0 Å². The number of nitrogens with zero attached hydrogens (tertiary/aromatic N) is 1. The number of aliphatic hydroxyl groups excluding tert-OH is 2. The standard InChI is InChI=1S/C25H25N3O3.ClH/c29-23(16-20-6-3-5-18-4-1-2-7-21(18)20)25(31)26-15-14-17-8-10-19(11-9-17)22-12-13-24(30)28-27-22;/h1-13,23,25-26,29,31H,14-16H2,(H,28,30);1H. The van der Waals surface area contributed by atoms with Crippen LogP contribution in [-0.2, 0) is 12.8 Å². The second-order valence-electron chi connectivity index (χ2n) is 7.56. The predicted octanol–water partition coefficient (Wildman–Crippen LogP) is 3.07. The molecule has 0 fully saturated rings. The molecule has 0 saturated carbocycles. The van der Waals surface area contributed by atoms with E-state index in [1.54, 1.807) is 6.07 Å². The Morgan fingerprint density at radius 3 is 2.41 bits per heavy atom. The Morgan fingerprint density at radius 2 is 1.66 bits per heavy atom. The number of aromatic amines is 1. The number of nitrogens with one attached hydrogen (secondary N) is 2. The molecule has 6 nitrogen and oxygen atoms in total. The second kappa shape index (κ2) is 11.0. The third-order valence-electron chi connectivity index (χ3n) is 5.37. The molecule has 0 aliphatic rings. The number of benzene rings is 3. The molecule has 0 bridgehead atoms. The Balaban J connectivity index is 0.00000289. The van der Waals surface area contributed by atoms with Crippen LogP contribution >= 0.6 is 12.4 Å². The Labute approximate surface area is 192 Å². The Kier molecular flexibility index (Phi) is 8.14. The molecule has 166 valence electrons. The van der Waals surface area contributed by atoms with Crippen molar-refractivity contribution in [3.05, 3.63) is 100 Å². The minimum absolute atomic E-state index is 0. The number of aromatic nitrogens is 2. The number of hydrogen-bond acceptors (Lipinski definition) is 5. The van der Waals surface area contributed by atoms with Crippen molar-refractivity contribution in [2.45, 2.75) is 25.2 Å². The normalized spacial score (nSPS) is 12.8. The zero-order valence-corrected chi connectivity index (χ0v) is 18.3. The Bertz CT molecular complexity index is 1190. The summed E-state index contributed by atoms with van der Waals surface area (Å²) in [5.74, 6) is 0. The summed E-state index contributed by atoms with van der Waals surface area (Å²) in [6, 6.07) is 25.0. The molecule has 0 amide bonds. The maximum atomic E-state index is 11.1. The molecule has 3 aromatic carbocycles. The zero-order chi connectivity index (χ0) is 21.6. The SMILES string of the molecule is Cl.O=c1ccc(-c2ccc(CCNC(O)C(O)Cc3cccc4ccccc34)cc2)n[nH]1. The van der Waals surface area contributed by atoms with Gasteiger partial charge in [0.25, 0.3) is 5.56 Å². The highest BCUT2D eigenvalue weighted by atomic mass is 35.5. The van der Waals surface area contributed by atoms with Crippen molar-refractivity contribution in [2.24, 2.45) is 0 Å². The van der Waals surface area contributed by atoms with Crippen LogP contribution in [0.5, 0.6) is 0 Å². The molecule has 7 heteroatoms. The van der Waals surface area contributed by atoms with Gasteiger partial charge >= 0.3 is 0 Å². The molecule has 1 aromatic heterocycles. The van der Waals surface area contributed by atoms with E-state index in [1.807, 2.05) is 66.7 Å². The van der Waals surface area contributed by atoms with E-state index >= 15 is 0 Å². The fourth-order valence-corrected chi connectivity index (χ4v) is 3.66. The predicted molar refractivity (Wildman–Crippen MR) is 129 cm³/mol. The third kappa shape index (κ3) is 5.81. The number of rotatable bonds is 8. The molecular formula is C25H26ClN3O3. The number of fused-ring (bicyclic) bond motifs is 1. The van der Waals surface area contributed by atoms with Crippen LogP contribution in [0.4, 0.5) is 0 Å². The van der Waals surface area contributed by atoms with Crippen molar-refractivity contribution < 1.29 is 10.2 Å². The van der Waals surface area contributed by atoms with Crippen molar-refractivity contribution in [3.8, 4) is 11.3 Å². The summed E-state index contributed by atoms with van der Waals surface area (Å²) in [6.45, 7) is 0.532. The van der Waals surface area contributed by atoms with E-state index < -0.39 is 12.3 Å². The van der Waals surface area contributed by atoms with E-state index in [2.05, 4.69) is 15.5 Å². The van der Waals surface area contributed by atoms with Crippen molar-refractivity contribution in [3.63, 3.8) is 0 Å². The van der Waals surface area contributed by atoms with E-state index in [0.717, 1.165) is 27.5 Å².